The maximum atomic E-state index is 6.24. The van der Waals surface area contributed by atoms with Crippen LogP contribution in [0.25, 0.3) is 22.3 Å². The van der Waals surface area contributed by atoms with E-state index in [0.29, 0.717) is 26.4 Å². The maximum Gasteiger partial charge on any atom is 0.494 e. The fraction of sp³-hybridized carbons (Fsp3) is 0.500. The number of rotatable bonds is 18. The van der Waals surface area contributed by atoms with Crippen molar-refractivity contribution in [2.24, 2.45) is 0 Å². The van der Waals surface area contributed by atoms with E-state index in [1.165, 1.54) is 144 Å². The van der Waals surface area contributed by atoms with E-state index in [1.807, 2.05) is 0 Å². The molecule has 66 heavy (non-hydrogen) atoms. The van der Waals surface area contributed by atoms with Crippen molar-refractivity contribution in [3.63, 3.8) is 0 Å². The third kappa shape index (κ3) is 8.83. The first-order valence-corrected chi connectivity index (χ1v) is 26.1. The summed E-state index contributed by atoms with van der Waals surface area (Å²) >= 11 is 0. The van der Waals surface area contributed by atoms with Gasteiger partial charge in [-0.05, 0) is 113 Å². The van der Waals surface area contributed by atoms with Crippen molar-refractivity contribution >= 4 is 25.2 Å². The molecule has 4 aliphatic rings. The van der Waals surface area contributed by atoms with E-state index in [-0.39, 0.29) is 30.5 Å². The van der Waals surface area contributed by atoms with E-state index in [1.54, 1.807) is 0 Å². The third-order valence-corrected chi connectivity index (χ3v) is 15.7. The molecule has 2 saturated heterocycles. The average Bonchev–Trinajstić information content (AvgIpc) is 4.14. The van der Waals surface area contributed by atoms with Crippen LogP contribution < -0.4 is 10.9 Å². The van der Waals surface area contributed by atoms with Crippen LogP contribution in [0.2, 0.25) is 0 Å². The Morgan fingerprint density at radius 3 is 1.23 bits per heavy atom. The van der Waals surface area contributed by atoms with Gasteiger partial charge in [0.25, 0.3) is 0 Å². The minimum absolute atomic E-state index is 0.0309. The summed E-state index contributed by atoms with van der Waals surface area (Å²) in [7, 11) is -0.678. The van der Waals surface area contributed by atoms with Gasteiger partial charge in [0.2, 0.25) is 0 Å². The van der Waals surface area contributed by atoms with Crippen molar-refractivity contribution < 1.29 is 18.6 Å². The highest BCUT2D eigenvalue weighted by molar-refractivity contribution is 6.62. The summed E-state index contributed by atoms with van der Waals surface area (Å²) in [5.41, 5.74) is 18.0. The molecular weight excluding hydrogens is 806 g/mol. The van der Waals surface area contributed by atoms with Crippen molar-refractivity contribution in [1.29, 1.82) is 0 Å². The predicted molar refractivity (Wildman–Crippen MR) is 278 cm³/mol. The Labute approximate surface area is 399 Å². The molecule has 346 valence electrons. The summed E-state index contributed by atoms with van der Waals surface area (Å²) in [5.74, 6) is 0. The van der Waals surface area contributed by atoms with Crippen LogP contribution in [0.4, 0.5) is 0 Å². The minimum atomic E-state index is -0.587. The molecule has 0 atom stereocenters. The van der Waals surface area contributed by atoms with Crippen molar-refractivity contribution in [3.8, 4) is 22.3 Å². The molecule has 0 amide bonds. The van der Waals surface area contributed by atoms with E-state index >= 15 is 0 Å². The standard InChI is InChI=1S/C60H76B2O4/c1-9-11-13-15-17-19-33-59(34-20-18-16-14-12-10-2)53-39-47(61-63-35-36-64-61)29-31-49(53)51-42-56-52(41-54(51)59)50-32-30-48(62-65-37-38-66-62)40-55(50)60(56,45-25-21-43(22-26-45)57(3,4)5)46-27-23-44(24-28-46)58(6,7)8/h21-32,39-42H,9-20,33-38H2,1-8H3. The molecule has 0 unspecified atom stereocenters. The minimum Gasteiger partial charge on any atom is -0.405 e. The Morgan fingerprint density at radius 1 is 0.409 bits per heavy atom. The van der Waals surface area contributed by atoms with E-state index < -0.39 is 5.41 Å². The Balaban J connectivity index is 1.30. The summed E-state index contributed by atoms with van der Waals surface area (Å²) in [6.07, 6.45) is 17.8. The monoisotopic (exact) mass is 883 g/mol. The summed E-state index contributed by atoms with van der Waals surface area (Å²) in [6.45, 7) is 21.1. The highest BCUT2D eigenvalue weighted by atomic mass is 16.6. The van der Waals surface area contributed by atoms with Crippen molar-refractivity contribution in [1.82, 2.24) is 0 Å². The van der Waals surface area contributed by atoms with E-state index in [2.05, 4.69) is 152 Å². The molecule has 0 aromatic heterocycles. The molecule has 6 heteroatoms. The van der Waals surface area contributed by atoms with Crippen LogP contribution in [0, 0.1) is 0 Å². The quantitative estimate of drug-likeness (QED) is 0.0637. The molecule has 0 bridgehead atoms. The topological polar surface area (TPSA) is 36.9 Å². The Hall–Kier alpha value is -3.93. The lowest BCUT2D eigenvalue weighted by atomic mass is 9.65. The van der Waals surface area contributed by atoms with Gasteiger partial charge in [-0.3, -0.25) is 0 Å². The summed E-state index contributed by atoms with van der Waals surface area (Å²) in [5, 5.41) is 0. The average molecular weight is 883 g/mol. The molecule has 5 aromatic carbocycles. The van der Waals surface area contributed by atoms with Crippen LogP contribution in [0.3, 0.4) is 0 Å². The van der Waals surface area contributed by atoms with Gasteiger partial charge in [0, 0.05) is 5.41 Å². The van der Waals surface area contributed by atoms with Gasteiger partial charge in [-0.25, -0.2) is 0 Å². The first-order valence-electron chi connectivity index (χ1n) is 26.1. The largest absolute Gasteiger partial charge is 0.494 e. The van der Waals surface area contributed by atoms with Gasteiger partial charge in [-0.1, -0.05) is 217 Å². The first-order chi connectivity index (χ1) is 31.9. The number of hydrogen-bond donors (Lipinski definition) is 0. The first kappa shape index (κ1) is 47.1. The number of benzene rings is 5. The normalized spacial score (nSPS) is 17.0. The van der Waals surface area contributed by atoms with Gasteiger partial charge < -0.3 is 18.6 Å². The highest BCUT2D eigenvalue weighted by Crippen LogP contribution is 2.62. The van der Waals surface area contributed by atoms with Gasteiger partial charge in [-0.2, -0.15) is 0 Å². The molecule has 2 fully saturated rings. The molecule has 5 aromatic rings. The molecular formula is C60H76B2O4. The Bertz CT molecular complexity index is 2370. The Morgan fingerprint density at radius 2 is 0.773 bits per heavy atom. The van der Waals surface area contributed by atoms with E-state index in [4.69, 9.17) is 18.6 Å². The van der Waals surface area contributed by atoms with Gasteiger partial charge in [-0.15, -0.1) is 0 Å². The molecule has 2 aliphatic carbocycles. The highest BCUT2D eigenvalue weighted by Gasteiger charge is 2.51. The van der Waals surface area contributed by atoms with Crippen LogP contribution in [0.15, 0.2) is 97.1 Å². The zero-order chi connectivity index (χ0) is 46.1. The molecule has 0 radical (unpaired) electrons. The van der Waals surface area contributed by atoms with Crippen LogP contribution in [0.1, 0.15) is 190 Å². The molecule has 0 saturated carbocycles. The lowest BCUT2D eigenvalue weighted by Crippen LogP contribution is -2.35. The number of unbranched alkanes of at least 4 members (excludes halogenated alkanes) is 10. The molecule has 9 rings (SSSR count). The SMILES string of the molecule is CCCCCCCCC1(CCCCCCCC)c2cc(B3OCCO3)ccc2-c2cc3c(cc21)-c1ccc(B2OCCO2)cc1C3(c1ccc(C(C)(C)C)cc1)c1ccc(C(C)(C)C)cc1. The molecule has 0 spiro atoms. The smallest absolute Gasteiger partial charge is 0.405 e. The van der Waals surface area contributed by atoms with Gasteiger partial charge in [0.1, 0.15) is 0 Å². The summed E-state index contributed by atoms with van der Waals surface area (Å²) in [6, 6.07) is 39.0. The second-order valence-corrected chi connectivity index (χ2v) is 22.2. The van der Waals surface area contributed by atoms with Crippen molar-refractivity contribution in [3.05, 3.63) is 142 Å². The molecule has 4 nitrogen and oxygen atoms in total. The van der Waals surface area contributed by atoms with E-state index in [0.717, 1.165) is 23.8 Å². The zero-order valence-electron chi connectivity index (χ0n) is 41.8. The number of hydrogen-bond acceptors (Lipinski definition) is 4. The number of fused-ring (bicyclic) bond motifs is 6. The molecule has 0 N–H and O–H groups in total. The lowest BCUT2D eigenvalue weighted by Gasteiger charge is -2.36. The van der Waals surface area contributed by atoms with Crippen molar-refractivity contribution in [2.75, 3.05) is 26.4 Å². The van der Waals surface area contributed by atoms with Gasteiger partial charge in [0.15, 0.2) is 0 Å². The second kappa shape index (κ2) is 19.6. The second-order valence-electron chi connectivity index (χ2n) is 22.2. The molecule has 2 heterocycles. The maximum absolute atomic E-state index is 6.24. The fourth-order valence-electron chi connectivity index (χ4n) is 12.0. The van der Waals surface area contributed by atoms with Crippen LogP contribution in [0.5, 0.6) is 0 Å². The van der Waals surface area contributed by atoms with Gasteiger partial charge in [0.05, 0.1) is 31.8 Å². The fourth-order valence-corrected chi connectivity index (χ4v) is 12.0. The molecule has 2 aliphatic heterocycles. The zero-order valence-corrected chi connectivity index (χ0v) is 41.8. The van der Waals surface area contributed by atoms with Crippen LogP contribution in [-0.2, 0) is 40.3 Å². The van der Waals surface area contributed by atoms with Crippen LogP contribution >= 0.6 is 0 Å². The lowest BCUT2D eigenvalue weighted by molar-refractivity contribution is 0.365. The Kier molecular flexibility index (Phi) is 14.0. The third-order valence-electron chi connectivity index (χ3n) is 15.7. The predicted octanol–water partition coefficient (Wildman–Crippen LogP) is 13.9. The summed E-state index contributed by atoms with van der Waals surface area (Å²) < 4.78 is 24.9. The van der Waals surface area contributed by atoms with E-state index in [9.17, 15) is 0 Å². The van der Waals surface area contributed by atoms with Gasteiger partial charge >= 0.3 is 14.2 Å². The van der Waals surface area contributed by atoms with Crippen LogP contribution in [-0.4, -0.2) is 40.7 Å². The summed E-state index contributed by atoms with van der Waals surface area (Å²) in [4.78, 5) is 0. The van der Waals surface area contributed by atoms with Crippen molar-refractivity contribution in [2.45, 2.75) is 167 Å².